The van der Waals surface area contributed by atoms with Gasteiger partial charge >= 0.3 is 6.09 Å². The molecule has 1 amide bonds. The van der Waals surface area contributed by atoms with Gasteiger partial charge in [-0.1, -0.05) is 0 Å². The van der Waals surface area contributed by atoms with Gasteiger partial charge in [0.25, 0.3) is 6.01 Å². The Kier molecular flexibility index (Phi) is 4.12. The van der Waals surface area contributed by atoms with E-state index in [1.54, 1.807) is 22.4 Å². The molecule has 1 N–H and O–H groups in total. The lowest BCUT2D eigenvalue weighted by atomic mass is 9.96. The van der Waals surface area contributed by atoms with Gasteiger partial charge < -0.3 is 19.2 Å². The van der Waals surface area contributed by atoms with E-state index in [9.17, 15) is 9.90 Å². The first-order chi connectivity index (χ1) is 14.7. The highest BCUT2D eigenvalue weighted by atomic mass is 32.1. The van der Waals surface area contributed by atoms with Gasteiger partial charge in [-0.2, -0.15) is 4.98 Å². The lowest BCUT2D eigenvalue weighted by Gasteiger charge is -2.38. The lowest BCUT2D eigenvalue weighted by Crippen LogP contribution is -2.55. The zero-order chi connectivity index (χ0) is 20.2. The Hall–Kier alpha value is -2.81. The van der Waals surface area contributed by atoms with Crippen molar-refractivity contribution in [1.29, 1.82) is 0 Å². The molecule has 1 aromatic carbocycles. The van der Waals surface area contributed by atoms with Gasteiger partial charge in [0, 0.05) is 24.7 Å². The summed E-state index contributed by atoms with van der Waals surface area (Å²) in [6.07, 6.45) is 6.30. The number of thiazole rings is 1. The normalized spacial score (nSPS) is 23.7. The summed E-state index contributed by atoms with van der Waals surface area (Å²) in [5.41, 5.74) is 2.31. The molecule has 30 heavy (non-hydrogen) atoms. The van der Waals surface area contributed by atoms with Crippen LogP contribution in [0, 0.1) is 0 Å². The van der Waals surface area contributed by atoms with E-state index in [-0.39, 0.29) is 18.2 Å². The maximum Gasteiger partial charge on any atom is 0.407 e. The zero-order valence-electron chi connectivity index (χ0n) is 16.4. The second kappa shape index (κ2) is 6.87. The monoisotopic (exact) mass is 426 g/mol. The first kappa shape index (κ1) is 18.0. The molecule has 3 aliphatic rings. The predicted octanol–water partition coefficient (Wildman–Crippen LogP) is 4.21. The molecule has 2 atom stereocenters. The minimum atomic E-state index is -0.832. The van der Waals surface area contributed by atoms with Crippen LogP contribution >= 0.6 is 11.3 Å². The first-order valence-corrected chi connectivity index (χ1v) is 11.3. The van der Waals surface area contributed by atoms with Gasteiger partial charge in [0.05, 0.1) is 23.8 Å². The van der Waals surface area contributed by atoms with Gasteiger partial charge in [0.2, 0.25) is 0 Å². The Bertz CT molecular complexity index is 1080. The maximum atomic E-state index is 11.6. The molecule has 8 nitrogen and oxygen atoms in total. The number of fused-ring (bicyclic) bond motifs is 3. The van der Waals surface area contributed by atoms with Crippen LogP contribution in [0.25, 0.3) is 21.7 Å². The highest BCUT2D eigenvalue weighted by Gasteiger charge is 2.44. The van der Waals surface area contributed by atoms with E-state index in [2.05, 4.69) is 9.88 Å². The number of amides is 1. The Labute approximate surface area is 177 Å². The van der Waals surface area contributed by atoms with Crippen molar-refractivity contribution in [2.24, 2.45) is 0 Å². The van der Waals surface area contributed by atoms with Gasteiger partial charge in [-0.3, -0.25) is 4.90 Å². The summed E-state index contributed by atoms with van der Waals surface area (Å²) >= 11 is 1.56. The van der Waals surface area contributed by atoms with Crippen molar-refractivity contribution in [1.82, 2.24) is 14.9 Å². The highest BCUT2D eigenvalue weighted by molar-refractivity contribution is 7.13. The average Bonchev–Trinajstić information content (AvgIpc) is 3.42. The molecular weight excluding hydrogens is 404 g/mol. The molecule has 0 spiro atoms. The quantitative estimate of drug-likeness (QED) is 0.668. The standard InChI is InChI=1S/C21H22N4O4S/c26-21(27)25-12-4-5-13(25)11-24(10-12)20-23-17-16(28-14-2-1-3-14)7-6-15(18(17)29-20)19-22-8-9-30-19/h6-9,12-14H,1-5,10-11H2,(H,26,27). The summed E-state index contributed by atoms with van der Waals surface area (Å²) in [6.45, 7) is 1.20. The van der Waals surface area contributed by atoms with Gasteiger partial charge in [-0.05, 0) is 44.2 Å². The summed E-state index contributed by atoms with van der Waals surface area (Å²) in [5.74, 6) is 0.747. The first-order valence-electron chi connectivity index (χ1n) is 10.4. The second-order valence-corrected chi connectivity index (χ2v) is 9.17. The number of ether oxygens (including phenoxy) is 1. The average molecular weight is 426 g/mol. The fourth-order valence-corrected chi connectivity index (χ4v) is 5.43. The number of hydrogen-bond acceptors (Lipinski definition) is 7. The van der Waals surface area contributed by atoms with Crippen LogP contribution in [-0.4, -0.2) is 57.3 Å². The Morgan fingerprint density at radius 3 is 2.63 bits per heavy atom. The zero-order valence-corrected chi connectivity index (χ0v) is 17.2. The van der Waals surface area contributed by atoms with Gasteiger partial charge in [-0.25, -0.2) is 9.78 Å². The molecule has 3 fully saturated rings. The van der Waals surface area contributed by atoms with Crippen LogP contribution in [0.2, 0.25) is 0 Å². The van der Waals surface area contributed by atoms with E-state index >= 15 is 0 Å². The third kappa shape index (κ3) is 2.83. The third-order valence-electron chi connectivity index (χ3n) is 6.48. The largest absolute Gasteiger partial charge is 0.488 e. The van der Waals surface area contributed by atoms with Crippen LogP contribution in [0.4, 0.5) is 10.8 Å². The van der Waals surface area contributed by atoms with Crippen molar-refractivity contribution < 1.29 is 19.1 Å². The second-order valence-electron chi connectivity index (χ2n) is 8.27. The summed E-state index contributed by atoms with van der Waals surface area (Å²) in [7, 11) is 0. The van der Waals surface area contributed by atoms with Crippen LogP contribution in [0.15, 0.2) is 28.1 Å². The molecule has 156 valence electrons. The number of carboxylic acid groups (broad SMARTS) is 1. The Balaban J connectivity index is 1.39. The highest BCUT2D eigenvalue weighted by Crippen LogP contribution is 2.40. The smallest absolute Gasteiger partial charge is 0.407 e. The molecule has 9 heteroatoms. The number of aromatic nitrogens is 2. The third-order valence-corrected chi connectivity index (χ3v) is 7.28. The topological polar surface area (TPSA) is 91.9 Å². The van der Waals surface area contributed by atoms with E-state index in [0.29, 0.717) is 24.7 Å². The van der Waals surface area contributed by atoms with Crippen molar-refractivity contribution in [3.05, 3.63) is 23.7 Å². The van der Waals surface area contributed by atoms with E-state index < -0.39 is 6.09 Å². The molecule has 2 unspecified atom stereocenters. The van der Waals surface area contributed by atoms with Gasteiger partial charge in [0.1, 0.15) is 10.8 Å². The van der Waals surface area contributed by atoms with Crippen LogP contribution in [0.5, 0.6) is 5.75 Å². The number of anilines is 1. The molecule has 4 heterocycles. The summed E-state index contributed by atoms with van der Waals surface area (Å²) in [4.78, 5) is 24.6. The van der Waals surface area contributed by atoms with E-state index in [0.717, 1.165) is 47.5 Å². The minimum absolute atomic E-state index is 0.0135. The molecule has 2 bridgehead atoms. The number of nitrogens with zero attached hydrogens (tertiary/aromatic N) is 4. The van der Waals surface area contributed by atoms with Crippen molar-refractivity contribution in [3.63, 3.8) is 0 Å². The summed E-state index contributed by atoms with van der Waals surface area (Å²) in [5, 5.41) is 12.4. The van der Waals surface area contributed by atoms with Crippen LogP contribution in [0.3, 0.4) is 0 Å². The summed E-state index contributed by atoms with van der Waals surface area (Å²) < 4.78 is 12.5. The molecule has 3 aromatic rings. The van der Waals surface area contributed by atoms with Crippen LogP contribution < -0.4 is 9.64 Å². The van der Waals surface area contributed by atoms with Crippen LogP contribution in [0.1, 0.15) is 32.1 Å². The van der Waals surface area contributed by atoms with Gasteiger partial charge in [0.15, 0.2) is 11.1 Å². The number of benzene rings is 1. The predicted molar refractivity (Wildman–Crippen MR) is 112 cm³/mol. The molecule has 6 rings (SSSR count). The van der Waals surface area contributed by atoms with E-state index in [1.165, 1.54) is 6.42 Å². The fourth-order valence-electron chi connectivity index (χ4n) is 4.77. The molecular formula is C21H22N4O4S. The number of oxazole rings is 1. The number of hydrogen-bond donors (Lipinski definition) is 1. The van der Waals surface area contributed by atoms with Crippen molar-refractivity contribution in [2.75, 3.05) is 18.0 Å². The Morgan fingerprint density at radius 2 is 2.00 bits per heavy atom. The lowest BCUT2D eigenvalue weighted by molar-refractivity contribution is 0.114. The Morgan fingerprint density at radius 1 is 1.20 bits per heavy atom. The number of carbonyl (C=O) groups is 1. The van der Waals surface area contributed by atoms with Crippen molar-refractivity contribution in [2.45, 2.75) is 50.3 Å². The molecule has 2 aliphatic heterocycles. The van der Waals surface area contributed by atoms with Crippen molar-refractivity contribution in [3.8, 4) is 16.3 Å². The van der Waals surface area contributed by atoms with E-state index in [4.69, 9.17) is 14.1 Å². The molecule has 0 radical (unpaired) electrons. The van der Waals surface area contributed by atoms with Crippen molar-refractivity contribution >= 4 is 34.5 Å². The van der Waals surface area contributed by atoms with Crippen LogP contribution in [-0.2, 0) is 0 Å². The van der Waals surface area contributed by atoms with Gasteiger partial charge in [-0.15, -0.1) is 11.3 Å². The number of rotatable bonds is 4. The molecule has 1 aliphatic carbocycles. The molecule has 1 saturated carbocycles. The molecule has 2 saturated heterocycles. The minimum Gasteiger partial charge on any atom is -0.488 e. The number of piperazine rings is 1. The SMILES string of the molecule is O=C(O)N1C2CCC1CN(c1nc3c(OC4CCC4)ccc(-c4nccs4)c3o1)C2. The maximum absolute atomic E-state index is 11.6. The summed E-state index contributed by atoms with van der Waals surface area (Å²) in [6, 6.07) is 4.47. The fraction of sp³-hybridized carbons (Fsp3) is 0.476. The molecule has 2 aromatic heterocycles. The van der Waals surface area contributed by atoms with E-state index in [1.807, 2.05) is 17.5 Å².